The van der Waals surface area contributed by atoms with Gasteiger partial charge in [-0.05, 0) is 51.9 Å². The van der Waals surface area contributed by atoms with Crippen LogP contribution in [0.15, 0.2) is 0 Å². The van der Waals surface area contributed by atoms with Crippen LogP contribution < -0.4 is 5.32 Å². The van der Waals surface area contributed by atoms with Crippen molar-refractivity contribution in [2.45, 2.75) is 26.2 Å². The molecule has 1 unspecified atom stereocenters. The van der Waals surface area contributed by atoms with E-state index in [1.165, 1.54) is 38.9 Å². The van der Waals surface area contributed by atoms with Crippen molar-refractivity contribution < 1.29 is 0 Å². The van der Waals surface area contributed by atoms with E-state index in [1.54, 1.807) is 0 Å². The third-order valence-electron chi connectivity index (χ3n) is 3.17. The largest absolute Gasteiger partial charge is 0.316 e. The number of nitrogens with one attached hydrogen (secondary N) is 1. The zero-order chi connectivity index (χ0) is 9.03. The Kier molecular flexibility index (Phi) is 3.53. The normalized spacial score (nSPS) is 30.0. The molecule has 0 amide bonds. The molecule has 1 aliphatic heterocycles. The van der Waals surface area contributed by atoms with E-state index in [0.29, 0.717) is 5.41 Å². The Bertz CT molecular complexity index is 126. The molecule has 72 valence electrons. The zero-order valence-corrected chi connectivity index (χ0v) is 8.69. The Morgan fingerprint density at radius 2 is 2.17 bits per heavy atom. The van der Waals surface area contributed by atoms with Gasteiger partial charge in [0.25, 0.3) is 0 Å². The fourth-order valence-corrected chi connectivity index (χ4v) is 1.95. The van der Waals surface area contributed by atoms with Crippen molar-refractivity contribution in [2.24, 2.45) is 5.41 Å². The molecule has 0 radical (unpaired) electrons. The summed E-state index contributed by atoms with van der Waals surface area (Å²) in [5.74, 6) is 0. The maximum absolute atomic E-state index is 3.47. The predicted molar refractivity (Wildman–Crippen MR) is 53.4 cm³/mol. The molecule has 2 heteroatoms. The molecule has 0 aromatic rings. The van der Waals surface area contributed by atoms with Crippen molar-refractivity contribution in [1.82, 2.24) is 10.2 Å². The average Bonchev–Trinajstić information content (AvgIpc) is 2.50. The number of hydrogen-bond donors (Lipinski definition) is 1. The van der Waals surface area contributed by atoms with E-state index in [-0.39, 0.29) is 0 Å². The topological polar surface area (TPSA) is 15.3 Å². The van der Waals surface area contributed by atoms with Gasteiger partial charge in [0, 0.05) is 6.54 Å². The second-order valence-corrected chi connectivity index (χ2v) is 4.33. The Labute approximate surface area is 76.3 Å². The summed E-state index contributed by atoms with van der Waals surface area (Å²) in [5.41, 5.74) is 0.615. The summed E-state index contributed by atoms with van der Waals surface area (Å²) in [5, 5.41) is 3.47. The fraction of sp³-hybridized carbons (Fsp3) is 1.00. The van der Waals surface area contributed by atoms with Crippen LogP contribution in [0.4, 0.5) is 0 Å². The molecule has 0 aromatic heterocycles. The number of nitrogens with zero attached hydrogens (tertiary/aromatic N) is 1. The van der Waals surface area contributed by atoms with Crippen LogP contribution in [0.2, 0.25) is 0 Å². The lowest BCUT2D eigenvalue weighted by Crippen LogP contribution is -2.28. The third kappa shape index (κ3) is 2.46. The van der Waals surface area contributed by atoms with Crippen LogP contribution in [-0.2, 0) is 0 Å². The molecule has 1 heterocycles. The van der Waals surface area contributed by atoms with Crippen molar-refractivity contribution in [1.29, 1.82) is 0 Å². The van der Waals surface area contributed by atoms with Crippen LogP contribution in [0.3, 0.4) is 0 Å². The quantitative estimate of drug-likeness (QED) is 0.684. The van der Waals surface area contributed by atoms with Gasteiger partial charge in [-0.3, -0.25) is 0 Å². The summed E-state index contributed by atoms with van der Waals surface area (Å²) in [6, 6.07) is 0. The van der Waals surface area contributed by atoms with Crippen LogP contribution in [0.25, 0.3) is 0 Å². The van der Waals surface area contributed by atoms with E-state index < -0.39 is 0 Å². The highest BCUT2D eigenvalue weighted by atomic mass is 15.1. The highest BCUT2D eigenvalue weighted by Crippen LogP contribution is 2.32. The smallest absolute Gasteiger partial charge is 0.000866 e. The summed E-state index contributed by atoms with van der Waals surface area (Å²) < 4.78 is 0. The van der Waals surface area contributed by atoms with E-state index in [2.05, 4.69) is 31.2 Å². The molecule has 1 saturated heterocycles. The van der Waals surface area contributed by atoms with Crippen LogP contribution in [0, 0.1) is 5.41 Å². The standard InChI is InChI=1S/C10H22N2/c1-4-10(5-7-11-9-10)6-8-12(2)3/h11H,4-9H2,1-3H3. The van der Waals surface area contributed by atoms with Gasteiger partial charge in [0.1, 0.15) is 0 Å². The highest BCUT2D eigenvalue weighted by Gasteiger charge is 2.31. The van der Waals surface area contributed by atoms with Crippen molar-refractivity contribution in [3.63, 3.8) is 0 Å². The average molecular weight is 170 g/mol. The molecular weight excluding hydrogens is 148 g/mol. The first kappa shape index (κ1) is 10.0. The van der Waals surface area contributed by atoms with Gasteiger partial charge in [-0.2, -0.15) is 0 Å². The first-order valence-electron chi connectivity index (χ1n) is 5.04. The molecule has 0 spiro atoms. The zero-order valence-electron chi connectivity index (χ0n) is 8.69. The van der Waals surface area contributed by atoms with E-state index in [1.807, 2.05) is 0 Å². The van der Waals surface area contributed by atoms with Gasteiger partial charge in [0.2, 0.25) is 0 Å². The van der Waals surface area contributed by atoms with E-state index >= 15 is 0 Å². The highest BCUT2D eigenvalue weighted by molar-refractivity contribution is 4.86. The maximum atomic E-state index is 3.47. The summed E-state index contributed by atoms with van der Waals surface area (Å²) in [6.07, 6.45) is 4.05. The minimum atomic E-state index is 0.615. The Hall–Kier alpha value is -0.0800. The molecule has 0 saturated carbocycles. The molecule has 0 aromatic carbocycles. The molecule has 1 aliphatic rings. The molecule has 0 aliphatic carbocycles. The van der Waals surface area contributed by atoms with Crippen molar-refractivity contribution in [3.8, 4) is 0 Å². The SMILES string of the molecule is CCC1(CCN(C)C)CCNC1. The lowest BCUT2D eigenvalue weighted by atomic mass is 9.81. The van der Waals surface area contributed by atoms with Gasteiger partial charge in [0.15, 0.2) is 0 Å². The van der Waals surface area contributed by atoms with Crippen molar-refractivity contribution in [3.05, 3.63) is 0 Å². The van der Waals surface area contributed by atoms with Gasteiger partial charge in [-0.15, -0.1) is 0 Å². The third-order valence-corrected chi connectivity index (χ3v) is 3.17. The van der Waals surface area contributed by atoms with E-state index in [9.17, 15) is 0 Å². The maximum Gasteiger partial charge on any atom is 0.000866 e. The van der Waals surface area contributed by atoms with Gasteiger partial charge in [-0.25, -0.2) is 0 Å². The first-order chi connectivity index (χ1) is 5.68. The molecule has 1 rings (SSSR count). The molecule has 1 N–H and O–H groups in total. The second-order valence-electron chi connectivity index (χ2n) is 4.33. The monoisotopic (exact) mass is 170 g/mol. The lowest BCUT2D eigenvalue weighted by molar-refractivity contribution is 0.241. The predicted octanol–water partition coefficient (Wildman–Crippen LogP) is 1.33. The number of rotatable bonds is 4. The van der Waals surface area contributed by atoms with Crippen LogP contribution in [0.5, 0.6) is 0 Å². The summed E-state index contributed by atoms with van der Waals surface area (Å²) >= 11 is 0. The lowest BCUT2D eigenvalue weighted by Gasteiger charge is -2.28. The van der Waals surface area contributed by atoms with Gasteiger partial charge in [0.05, 0.1) is 0 Å². The second kappa shape index (κ2) is 4.24. The Morgan fingerprint density at radius 1 is 1.42 bits per heavy atom. The number of hydrogen-bond acceptors (Lipinski definition) is 2. The summed E-state index contributed by atoms with van der Waals surface area (Å²) in [7, 11) is 4.32. The van der Waals surface area contributed by atoms with Gasteiger partial charge >= 0.3 is 0 Å². The van der Waals surface area contributed by atoms with Crippen molar-refractivity contribution >= 4 is 0 Å². The van der Waals surface area contributed by atoms with Gasteiger partial charge in [-0.1, -0.05) is 6.92 Å². The molecule has 12 heavy (non-hydrogen) atoms. The first-order valence-corrected chi connectivity index (χ1v) is 5.04. The van der Waals surface area contributed by atoms with E-state index in [4.69, 9.17) is 0 Å². The molecule has 1 atom stereocenters. The fourth-order valence-electron chi connectivity index (χ4n) is 1.95. The molecule has 0 bridgehead atoms. The van der Waals surface area contributed by atoms with Crippen LogP contribution >= 0.6 is 0 Å². The van der Waals surface area contributed by atoms with Crippen molar-refractivity contribution in [2.75, 3.05) is 33.7 Å². The Balaban J connectivity index is 2.34. The summed E-state index contributed by atoms with van der Waals surface area (Å²) in [6.45, 7) is 6.01. The minimum Gasteiger partial charge on any atom is -0.316 e. The van der Waals surface area contributed by atoms with E-state index in [0.717, 1.165) is 0 Å². The molecule has 1 fully saturated rings. The molecular formula is C10H22N2. The van der Waals surface area contributed by atoms with Crippen LogP contribution in [-0.4, -0.2) is 38.6 Å². The van der Waals surface area contributed by atoms with Crippen LogP contribution in [0.1, 0.15) is 26.2 Å². The molecule has 2 nitrogen and oxygen atoms in total. The summed E-state index contributed by atoms with van der Waals surface area (Å²) in [4.78, 5) is 2.29. The van der Waals surface area contributed by atoms with Gasteiger partial charge < -0.3 is 10.2 Å². The Morgan fingerprint density at radius 3 is 2.58 bits per heavy atom. The minimum absolute atomic E-state index is 0.615.